The summed E-state index contributed by atoms with van der Waals surface area (Å²) in [5.41, 5.74) is 8.80. The number of hydrogen-bond donors (Lipinski definition) is 5. The third-order valence-corrected chi connectivity index (χ3v) is 14.6. The van der Waals surface area contributed by atoms with Crippen LogP contribution in [-0.4, -0.2) is 73.8 Å². The second kappa shape index (κ2) is 33.6. The number of fused-ring (bicyclic) bond motifs is 3. The normalized spacial score (nSPS) is 10.5. The molecular formula is C54H50I6N10O3PS3-. The number of halogens is 6. The maximum absolute atomic E-state index is 12.1. The van der Waals surface area contributed by atoms with Crippen molar-refractivity contribution in [2.24, 2.45) is 0 Å². The van der Waals surface area contributed by atoms with Crippen LogP contribution in [0.15, 0.2) is 181 Å². The number of aryl methyl sites for hydroxylation is 2. The van der Waals surface area contributed by atoms with E-state index in [1.807, 2.05) is 141 Å². The fourth-order valence-electron chi connectivity index (χ4n) is 7.39. The van der Waals surface area contributed by atoms with E-state index in [0.29, 0.717) is 29.9 Å². The van der Waals surface area contributed by atoms with Gasteiger partial charge in [0.05, 0.1) is 50.3 Å². The second-order valence-corrected chi connectivity index (χ2v) is 35.8. The zero-order valence-corrected chi connectivity index (χ0v) is 58.4. The average molecular weight is 1780 g/mol. The Labute approximate surface area is 532 Å². The Morgan fingerprint density at radius 1 is 0.597 bits per heavy atom. The Hall–Kier alpha value is -3.11. The summed E-state index contributed by atoms with van der Waals surface area (Å²) in [6.45, 7) is 4.00. The number of aromatic amines is 2. The van der Waals surface area contributed by atoms with Crippen molar-refractivity contribution in [1.82, 2.24) is 50.9 Å². The number of hydrogen-bond acceptors (Lipinski definition) is 10. The number of carbonyl (C=O) groups is 3. The van der Waals surface area contributed by atoms with E-state index in [1.54, 1.807) is 67.1 Å². The van der Waals surface area contributed by atoms with Gasteiger partial charge < -0.3 is 16.0 Å². The van der Waals surface area contributed by atoms with Crippen LogP contribution in [0.2, 0.25) is 0 Å². The van der Waals surface area contributed by atoms with Crippen LogP contribution in [0.3, 0.4) is 0 Å². The third-order valence-electron chi connectivity index (χ3n) is 11.0. The van der Waals surface area contributed by atoms with E-state index in [4.69, 9.17) is 0 Å². The van der Waals surface area contributed by atoms with Crippen molar-refractivity contribution < 1.29 is 27.6 Å². The van der Waals surface area contributed by atoms with Gasteiger partial charge in [0.15, 0.2) is 0 Å². The summed E-state index contributed by atoms with van der Waals surface area (Å²) in [5, 5.41) is 30.5. The monoisotopic (exact) mass is 1770 g/mol. The minimum atomic E-state index is -0.0901. The van der Waals surface area contributed by atoms with Gasteiger partial charge in [0, 0.05) is 116 Å². The van der Waals surface area contributed by atoms with Crippen molar-refractivity contribution in [3.05, 3.63) is 191 Å². The zero-order valence-electron chi connectivity index (χ0n) is 41.6. The van der Waals surface area contributed by atoms with Crippen LogP contribution >= 0.6 is 143 Å². The molecule has 3 amide bonds. The van der Waals surface area contributed by atoms with Gasteiger partial charge in [-0.05, 0) is 139 Å². The van der Waals surface area contributed by atoms with Crippen molar-refractivity contribution in [3.63, 3.8) is 0 Å². The first kappa shape index (κ1) is 64.7. The summed E-state index contributed by atoms with van der Waals surface area (Å²) in [7, 11) is 7.53. The van der Waals surface area contributed by atoms with Gasteiger partial charge in [-0.25, -0.2) is 0 Å². The van der Waals surface area contributed by atoms with Gasteiger partial charge in [-0.15, -0.1) is 24.0 Å². The van der Waals surface area contributed by atoms with Crippen LogP contribution in [0.4, 0.5) is 0 Å². The molecule has 1 atom stereocenters. The molecule has 0 aliphatic heterocycles. The molecule has 23 heteroatoms. The summed E-state index contributed by atoms with van der Waals surface area (Å²) in [6.07, 6.45) is 5.66. The molecule has 77 heavy (non-hydrogen) atoms. The number of pyridine rings is 1. The molecule has 6 aromatic carbocycles. The molecule has 4 heterocycles. The molecule has 0 spiro atoms. The van der Waals surface area contributed by atoms with E-state index < -0.39 is 0 Å². The molecule has 1 unspecified atom stereocenters. The van der Waals surface area contributed by atoms with Crippen molar-refractivity contribution in [2.45, 2.75) is 43.2 Å². The van der Waals surface area contributed by atoms with Gasteiger partial charge in [-0.1, -0.05) is 77.8 Å². The molecule has 10 rings (SSSR count). The zero-order chi connectivity index (χ0) is 54.6. The number of aromatic nitrogens is 7. The van der Waals surface area contributed by atoms with Gasteiger partial charge >= 0.3 is 50.5 Å². The van der Waals surface area contributed by atoms with Crippen molar-refractivity contribution in [1.29, 1.82) is 0 Å². The Kier molecular flexibility index (Phi) is 28.2. The molecule has 5 N–H and O–H groups in total. The van der Waals surface area contributed by atoms with Crippen LogP contribution in [-0.2, 0) is 0 Å². The molecule has 0 aliphatic carbocycles. The van der Waals surface area contributed by atoms with Crippen molar-refractivity contribution in [3.8, 4) is 0 Å². The first-order valence-corrected chi connectivity index (χ1v) is 44.5. The number of H-pyrrole nitrogens is 2. The molecule has 10 aromatic rings. The maximum atomic E-state index is 12.1. The van der Waals surface area contributed by atoms with Crippen molar-refractivity contribution >= 4 is 206 Å². The average Bonchev–Trinajstić information content (AvgIpc) is 4.13. The molecular weight excluding hydrogens is 1730 g/mol. The number of benzene rings is 6. The van der Waals surface area contributed by atoms with E-state index in [2.05, 4.69) is 161 Å². The van der Waals surface area contributed by atoms with E-state index in [0.717, 1.165) is 84.9 Å². The molecule has 4 aromatic heterocycles. The number of rotatable bonds is 11. The van der Waals surface area contributed by atoms with Crippen LogP contribution in [0.5, 0.6) is 0 Å². The molecule has 400 valence electrons. The summed E-state index contributed by atoms with van der Waals surface area (Å²) in [6, 6.07) is 47.1. The number of nitrogens with one attached hydrogen (secondary N) is 5. The Morgan fingerprint density at radius 2 is 1.06 bits per heavy atom. The Balaban J connectivity index is 0.000000205. The Bertz CT molecular complexity index is 3600. The van der Waals surface area contributed by atoms with E-state index in [-0.39, 0.29) is 41.7 Å². The van der Waals surface area contributed by atoms with Gasteiger partial charge in [0.1, 0.15) is 0 Å². The number of amides is 3. The minimum absolute atomic E-state index is 0. The topological polar surface area (TPSA) is 175 Å². The standard InChI is InChI=1S/C22H18N4OS.C16H16N3OPS.C16H15N3OS.I3.I2.HI/c1-23-22(27)18-7-2-3-8-21(18)28-16-10-11-17-19(25-26-20(17)14-16)12-9-15-6-4-5-13-24-15;1-10-12-8-7-11(9-14(12)19(21)18-10)22-15-6-4-3-5-13(15)16(20)17-2;1-10-12-8-7-11(9-14(12)19-18-10)21-15-6-4-3-5-13(15)16(20)17-2;1-3-2;1-2;/h2-14H,1H3,(H,23,27)(H,25,26);3-9H,21H2,1-2H3,(H,17,20);3-9H,1-2H3,(H,17,20)(H,18,19);;;1H/q;;;-1;;/b12-9+;;;;;. The molecule has 0 aliphatic rings. The summed E-state index contributed by atoms with van der Waals surface area (Å²) in [4.78, 5) is 46.2. The quantitative estimate of drug-likeness (QED) is 0.0619. The fourth-order valence-corrected chi connectivity index (χ4v) is 10.7. The van der Waals surface area contributed by atoms with E-state index in [1.165, 1.54) is 0 Å². The molecule has 0 fully saturated rings. The summed E-state index contributed by atoms with van der Waals surface area (Å²) < 4.78 is 1.80. The van der Waals surface area contributed by atoms with E-state index in [9.17, 15) is 14.4 Å². The number of carbonyl (C=O) groups excluding carboxylic acids is 3. The summed E-state index contributed by atoms with van der Waals surface area (Å²) >= 11 is 14.2. The first-order chi connectivity index (χ1) is 36.9. The van der Waals surface area contributed by atoms with Gasteiger partial charge in [-0.2, -0.15) is 15.3 Å². The number of nitrogens with zero attached hydrogens (tertiary/aromatic N) is 5. The van der Waals surface area contributed by atoms with Gasteiger partial charge in [0.25, 0.3) is 17.7 Å². The fraction of sp³-hybridized carbons (Fsp3) is 0.0926. The van der Waals surface area contributed by atoms with E-state index >= 15 is 0 Å². The molecule has 0 bridgehead atoms. The van der Waals surface area contributed by atoms with Gasteiger partial charge in [-0.3, -0.25) is 34.0 Å². The van der Waals surface area contributed by atoms with Crippen molar-refractivity contribution in [2.75, 3.05) is 21.1 Å². The van der Waals surface area contributed by atoms with Gasteiger partial charge in [0.2, 0.25) is 0 Å². The first-order valence-electron chi connectivity index (χ1n) is 22.7. The molecule has 0 radical (unpaired) electrons. The molecule has 13 nitrogen and oxygen atoms in total. The van der Waals surface area contributed by atoms with Crippen LogP contribution < -0.4 is 29.2 Å². The summed E-state index contributed by atoms with van der Waals surface area (Å²) in [5.74, 6) is -0.237. The SMILES string of the molecule is CNC(=O)c1ccccc1Sc1ccc2c(/C=C/c3ccccn3)n[nH]c2c1.CNC(=O)c1ccccc1Sc1ccc2c(C)[nH]nc2c1.CNC(=O)c1ccccc1Sc1ccc2c(C)nn(P)c2c1.I.II.I[I-]I. The third kappa shape index (κ3) is 18.2. The molecule has 0 saturated carbocycles. The predicted molar refractivity (Wildman–Crippen MR) is 363 cm³/mol. The van der Waals surface area contributed by atoms with Crippen LogP contribution in [0.25, 0.3) is 44.9 Å². The molecule has 0 saturated heterocycles. The predicted octanol–water partition coefficient (Wildman–Crippen LogP) is 12.7. The Morgan fingerprint density at radius 3 is 1.57 bits per heavy atom. The second-order valence-electron chi connectivity index (χ2n) is 15.7. The van der Waals surface area contributed by atoms with Crippen LogP contribution in [0.1, 0.15) is 53.8 Å². The van der Waals surface area contributed by atoms with Crippen LogP contribution in [0, 0.1) is 13.8 Å².